The Morgan fingerprint density at radius 3 is 2.47 bits per heavy atom. The molecular weight excluding hydrogens is 274 g/mol. The molecule has 0 aromatic heterocycles. The van der Waals surface area contributed by atoms with Gasteiger partial charge in [-0.3, -0.25) is 0 Å². The highest BCUT2D eigenvalue weighted by atomic mass is 79.9. The van der Waals surface area contributed by atoms with Crippen LogP contribution in [0.4, 0.5) is 0 Å². The summed E-state index contributed by atoms with van der Waals surface area (Å²) in [5.74, 6) is 0. The Balaban J connectivity index is 1.95. The zero-order chi connectivity index (χ0) is 12.1. The third-order valence-electron chi connectivity index (χ3n) is 2.86. The van der Waals surface area contributed by atoms with Crippen LogP contribution in [-0.2, 0) is 6.42 Å². The SMILES string of the molecule is NC(CCc1cccc(Br)c1)c1ccccc1. The number of hydrogen-bond donors (Lipinski definition) is 1. The predicted octanol–water partition coefficient (Wildman–Crippen LogP) is 4.08. The summed E-state index contributed by atoms with van der Waals surface area (Å²) < 4.78 is 1.13. The van der Waals surface area contributed by atoms with Crippen LogP contribution in [0.15, 0.2) is 59.1 Å². The van der Waals surface area contributed by atoms with Crippen molar-refractivity contribution in [1.82, 2.24) is 0 Å². The number of aryl methyl sites for hydroxylation is 1. The van der Waals surface area contributed by atoms with Crippen LogP contribution in [-0.4, -0.2) is 0 Å². The van der Waals surface area contributed by atoms with Gasteiger partial charge in [0, 0.05) is 10.5 Å². The van der Waals surface area contributed by atoms with Crippen LogP contribution in [0.1, 0.15) is 23.6 Å². The fraction of sp³-hybridized carbons (Fsp3) is 0.200. The molecule has 1 atom stereocenters. The molecular formula is C15H16BrN. The summed E-state index contributed by atoms with van der Waals surface area (Å²) in [6, 6.07) is 18.8. The van der Waals surface area contributed by atoms with Crippen molar-refractivity contribution in [2.24, 2.45) is 5.73 Å². The molecule has 0 fully saturated rings. The lowest BCUT2D eigenvalue weighted by Gasteiger charge is -2.11. The van der Waals surface area contributed by atoms with E-state index < -0.39 is 0 Å². The Morgan fingerprint density at radius 2 is 1.76 bits per heavy atom. The van der Waals surface area contributed by atoms with Gasteiger partial charge in [0.1, 0.15) is 0 Å². The third kappa shape index (κ3) is 3.69. The molecule has 2 aromatic carbocycles. The van der Waals surface area contributed by atoms with Crippen molar-refractivity contribution >= 4 is 15.9 Å². The van der Waals surface area contributed by atoms with E-state index in [1.165, 1.54) is 11.1 Å². The van der Waals surface area contributed by atoms with Gasteiger partial charge < -0.3 is 5.73 Å². The number of benzene rings is 2. The van der Waals surface area contributed by atoms with Crippen molar-refractivity contribution in [3.05, 3.63) is 70.2 Å². The zero-order valence-electron chi connectivity index (χ0n) is 9.64. The zero-order valence-corrected chi connectivity index (χ0v) is 11.2. The Hall–Kier alpha value is -1.12. The van der Waals surface area contributed by atoms with Crippen molar-refractivity contribution in [2.75, 3.05) is 0 Å². The van der Waals surface area contributed by atoms with E-state index in [1.807, 2.05) is 24.3 Å². The molecule has 1 nitrogen and oxygen atoms in total. The minimum Gasteiger partial charge on any atom is -0.324 e. The molecule has 0 bridgehead atoms. The van der Waals surface area contributed by atoms with E-state index >= 15 is 0 Å². The van der Waals surface area contributed by atoms with Crippen LogP contribution in [0.2, 0.25) is 0 Å². The van der Waals surface area contributed by atoms with Gasteiger partial charge in [-0.2, -0.15) is 0 Å². The standard InChI is InChI=1S/C15H16BrN/c16-14-8-4-5-12(11-14)9-10-15(17)13-6-2-1-3-7-13/h1-8,11,15H,9-10,17H2. The quantitative estimate of drug-likeness (QED) is 0.902. The largest absolute Gasteiger partial charge is 0.324 e. The van der Waals surface area contributed by atoms with Gasteiger partial charge in [0.25, 0.3) is 0 Å². The lowest BCUT2D eigenvalue weighted by Crippen LogP contribution is -2.11. The topological polar surface area (TPSA) is 26.0 Å². The van der Waals surface area contributed by atoms with Crippen molar-refractivity contribution in [3.63, 3.8) is 0 Å². The molecule has 0 heterocycles. The number of rotatable bonds is 4. The van der Waals surface area contributed by atoms with Gasteiger partial charge in [0.15, 0.2) is 0 Å². The lowest BCUT2D eigenvalue weighted by atomic mass is 10.00. The van der Waals surface area contributed by atoms with E-state index in [9.17, 15) is 0 Å². The first-order chi connectivity index (χ1) is 8.25. The molecule has 0 aliphatic rings. The molecule has 0 amide bonds. The second-order valence-corrected chi connectivity index (χ2v) is 5.10. The summed E-state index contributed by atoms with van der Waals surface area (Å²) in [6.07, 6.45) is 1.98. The number of hydrogen-bond acceptors (Lipinski definition) is 1. The molecule has 17 heavy (non-hydrogen) atoms. The Kier molecular flexibility index (Phi) is 4.35. The van der Waals surface area contributed by atoms with Gasteiger partial charge in [-0.05, 0) is 36.1 Å². The molecule has 2 aromatic rings. The van der Waals surface area contributed by atoms with Gasteiger partial charge in [-0.15, -0.1) is 0 Å². The summed E-state index contributed by atoms with van der Waals surface area (Å²) in [5.41, 5.74) is 8.70. The predicted molar refractivity (Wildman–Crippen MR) is 75.8 cm³/mol. The summed E-state index contributed by atoms with van der Waals surface area (Å²) in [5, 5.41) is 0. The fourth-order valence-electron chi connectivity index (χ4n) is 1.88. The Bertz CT molecular complexity index is 467. The lowest BCUT2D eigenvalue weighted by molar-refractivity contribution is 0.651. The highest BCUT2D eigenvalue weighted by Crippen LogP contribution is 2.18. The molecule has 0 saturated carbocycles. The molecule has 2 rings (SSSR count). The van der Waals surface area contributed by atoms with E-state index in [0.29, 0.717) is 0 Å². The van der Waals surface area contributed by atoms with Gasteiger partial charge >= 0.3 is 0 Å². The Labute approximate surface area is 111 Å². The third-order valence-corrected chi connectivity index (χ3v) is 3.35. The molecule has 0 spiro atoms. The van der Waals surface area contributed by atoms with Crippen LogP contribution < -0.4 is 5.73 Å². The first kappa shape index (κ1) is 12.3. The molecule has 1 unspecified atom stereocenters. The van der Waals surface area contributed by atoms with Crippen molar-refractivity contribution in [3.8, 4) is 0 Å². The monoisotopic (exact) mass is 289 g/mol. The van der Waals surface area contributed by atoms with Crippen LogP contribution in [0.5, 0.6) is 0 Å². The molecule has 88 valence electrons. The maximum atomic E-state index is 6.17. The molecule has 2 N–H and O–H groups in total. The number of halogens is 1. The second kappa shape index (κ2) is 5.99. The van der Waals surface area contributed by atoms with E-state index in [0.717, 1.165) is 17.3 Å². The molecule has 2 heteroatoms. The summed E-state index contributed by atoms with van der Waals surface area (Å²) in [4.78, 5) is 0. The van der Waals surface area contributed by atoms with E-state index in [1.54, 1.807) is 0 Å². The average molecular weight is 290 g/mol. The minimum absolute atomic E-state index is 0.121. The van der Waals surface area contributed by atoms with Gasteiger partial charge in [-0.1, -0.05) is 58.4 Å². The van der Waals surface area contributed by atoms with Gasteiger partial charge in [0.05, 0.1) is 0 Å². The molecule has 0 saturated heterocycles. The normalized spacial score (nSPS) is 12.4. The van der Waals surface area contributed by atoms with Crippen LogP contribution in [0.25, 0.3) is 0 Å². The van der Waals surface area contributed by atoms with E-state index in [2.05, 4.69) is 46.3 Å². The molecule has 0 radical (unpaired) electrons. The van der Waals surface area contributed by atoms with Crippen LogP contribution in [0.3, 0.4) is 0 Å². The maximum absolute atomic E-state index is 6.17. The van der Waals surface area contributed by atoms with Crippen molar-refractivity contribution in [1.29, 1.82) is 0 Å². The molecule has 0 aliphatic heterocycles. The summed E-state index contributed by atoms with van der Waals surface area (Å²) >= 11 is 3.48. The highest BCUT2D eigenvalue weighted by Gasteiger charge is 2.05. The summed E-state index contributed by atoms with van der Waals surface area (Å²) in [6.45, 7) is 0. The molecule has 0 aliphatic carbocycles. The van der Waals surface area contributed by atoms with E-state index in [4.69, 9.17) is 5.73 Å². The maximum Gasteiger partial charge on any atom is 0.0298 e. The summed E-state index contributed by atoms with van der Waals surface area (Å²) in [7, 11) is 0. The first-order valence-corrected chi connectivity index (χ1v) is 6.60. The van der Waals surface area contributed by atoms with Crippen molar-refractivity contribution in [2.45, 2.75) is 18.9 Å². The van der Waals surface area contributed by atoms with Crippen molar-refractivity contribution < 1.29 is 0 Å². The van der Waals surface area contributed by atoms with Gasteiger partial charge in [-0.25, -0.2) is 0 Å². The second-order valence-electron chi connectivity index (χ2n) is 4.19. The van der Waals surface area contributed by atoms with Gasteiger partial charge in [0.2, 0.25) is 0 Å². The first-order valence-electron chi connectivity index (χ1n) is 5.80. The van der Waals surface area contributed by atoms with Crippen LogP contribution >= 0.6 is 15.9 Å². The smallest absolute Gasteiger partial charge is 0.0298 e. The Morgan fingerprint density at radius 1 is 1.00 bits per heavy atom. The minimum atomic E-state index is 0.121. The fourth-order valence-corrected chi connectivity index (χ4v) is 2.33. The van der Waals surface area contributed by atoms with E-state index in [-0.39, 0.29) is 6.04 Å². The number of nitrogens with two attached hydrogens (primary N) is 1. The average Bonchev–Trinajstić information content (AvgIpc) is 2.37. The van der Waals surface area contributed by atoms with Crippen LogP contribution in [0, 0.1) is 0 Å². The highest BCUT2D eigenvalue weighted by molar-refractivity contribution is 9.10.